The summed E-state index contributed by atoms with van der Waals surface area (Å²) in [6, 6.07) is 23.0. The number of amides is 2. The largest absolute Gasteiger partial charge is 0.497 e. The Hall–Kier alpha value is -4.44. The van der Waals surface area contributed by atoms with Crippen LogP contribution in [-0.4, -0.2) is 61.8 Å². The molecule has 4 aromatic rings. The van der Waals surface area contributed by atoms with Gasteiger partial charge in [-0.25, -0.2) is 4.68 Å². The van der Waals surface area contributed by atoms with Crippen LogP contribution in [0.4, 0.5) is 5.82 Å². The first-order valence-corrected chi connectivity index (χ1v) is 14.8. The Balaban J connectivity index is 1.81. The molecule has 0 aliphatic carbocycles. The van der Waals surface area contributed by atoms with Crippen LogP contribution in [0.5, 0.6) is 17.2 Å². The number of hydrogen-bond donors (Lipinski definition) is 1. The maximum Gasteiger partial charge on any atom is 0.240 e. The molecule has 42 heavy (non-hydrogen) atoms. The highest BCUT2D eigenvalue weighted by Gasteiger charge is 2.38. The lowest BCUT2D eigenvalue weighted by atomic mass is 9.98. The second-order valence-electron chi connectivity index (χ2n) is 9.69. The molecule has 0 saturated heterocycles. The SMILES string of the molecule is CCCNC(=O)CN1C(=O)CS[C@@H](c2cc(OC)ccc2OC)c2c(-c3ccccc3)nn(-c3ccc(OC)cc3)c21. The Morgan fingerprint density at radius 1 is 0.976 bits per heavy atom. The number of thioether (sulfide) groups is 1. The fourth-order valence-corrected chi connectivity index (χ4v) is 6.20. The normalized spacial score (nSPS) is 14.6. The van der Waals surface area contributed by atoms with Gasteiger partial charge in [0.2, 0.25) is 11.8 Å². The van der Waals surface area contributed by atoms with Crippen molar-refractivity contribution < 1.29 is 23.8 Å². The summed E-state index contributed by atoms with van der Waals surface area (Å²) in [4.78, 5) is 28.5. The van der Waals surface area contributed by atoms with E-state index < -0.39 is 0 Å². The van der Waals surface area contributed by atoms with E-state index in [1.54, 1.807) is 30.9 Å². The minimum absolute atomic E-state index is 0.134. The van der Waals surface area contributed by atoms with Gasteiger partial charge in [-0.1, -0.05) is 37.3 Å². The van der Waals surface area contributed by atoms with E-state index in [1.165, 1.54) is 11.8 Å². The first kappa shape index (κ1) is 29.1. The molecule has 5 rings (SSSR count). The molecule has 2 heterocycles. The van der Waals surface area contributed by atoms with Crippen LogP contribution in [0.2, 0.25) is 0 Å². The highest BCUT2D eigenvalue weighted by Crippen LogP contribution is 2.51. The number of anilines is 1. The Labute approximate surface area is 249 Å². The first-order valence-electron chi connectivity index (χ1n) is 13.7. The van der Waals surface area contributed by atoms with Gasteiger partial charge in [0.1, 0.15) is 29.6 Å². The monoisotopic (exact) mass is 586 g/mol. The van der Waals surface area contributed by atoms with Crippen molar-refractivity contribution in [3.8, 4) is 34.2 Å². The minimum Gasteiger partial charge on any atom is -0.497 e. The maximum atomic E-state index is 13.9. The smallest absolute Gasteiger partial charge is 0.240 e. The quantitative estimate of drug-likeness (QED) is 0.271. The number of benzene rings is 3. The minimum atomic E-state index is -0.361. The summed E-state index contributed by atoms with van der Waals surface area (Å²) in [6.07, 6.45) is 0.792. The highest BCUT2D eigenvalue weighted by molar-refractivity contribution is 8.00. The third-order valence-corrected chi connectivity index (χ3v) is 8.28. The summed E-state index contributed by atoms with van der Waals surface area (Å²) in [7, 11) is 4.86. The molecule has 1 aromatic heterocycles. The van der Waals surface area contributed by atoms with E-state index in [-0.39, 0.29) is 29.4 Å². The second kappa shape index (κ2) is 13.0. The Bertz CT molecular complexity index is 1560. The van der Waals surface area contributed by atoms with Crippen molar-refractivity contribution in [2.75, 3.05) is 45.1 Å². The van der Waals surface area contributed by atoms with E-state index in [1.807, 2.05) is 79.7 Å². The van der Waals surface area contributed by atoms with Crippen molar-refractivity contribution in [2.45, 2.75) is 18.6 Å². The molecule has 0 fully saturated rings. The van der Waals surface area contributed by atoms with Crippen molar-refractivity contribution in [1.29, 1.82) is 0 Å². The van der Waals surface area contributed by atoms with E-state index >= 15 is 0 Å². The lowest BCUT2D eigenvalue weighted by molar-refractivity contribution is -0.122. The van der Waals surface area contributed by atoms with Gasteiger partial charge in [0.05, 0.1) is 43.7 Å². The average molecular weight is 587 g/mol. The zero-order valence-corrected chi connectivity index (χ0v) is 24.9. The van der Waals surface area contributed by atoms with Crippen LogP contribution in [0.3, 0.4) is 0 Å². The van der Waals surface area contributed by atoms with Crippen LogP contribution in [0.25, 0.3) is 16.9 Å². The number of nitrogens with one attached hydrogen (secondary N) is 1. The van der Waals surface area contributed by atoms with Gasteiger partial charge >= 0.3 is 0 Å². The summed E-state index contributed by atoms with van der Waals surface area (Å²) < 4.78 is 18.5. The Morgan fingerprint density at radius 2 is 1.69 bits per heavy atom. The molecular weight excluding hydrogens is 552 g/mol. The molecule has 0 spiro atoms. The molecule has 0 radical (unpaired) electrons. The van der Waals surface area contributed by atoms with E-state index in [4.69, 9.17) is 19.3 Å². The molecule has 218 valence electrons. The van der Waals surface area contributed by atoms with Crippen molar-refractivity contribution in [1.82, 2.24) is 15.1 Å². The zero-order chi connectivity index (χ0) is 29.6. The topological polar surface area (TPSA) is 94.9 Å². The molecule has 2 amide bonds. The fourth-order valence-electron chi connectivity index (χ4n) is 4.99. The van der Waals surface area contributed by atoms with Crippen LogP contribution in [0.15, 0.2) is 72.8 Å². The molecule has 1 atom stereocenters. The number of hydrogen-bond acceptors (Lipinski definition) is 7. The predicted molar refractivity (Wildman–Crippen MR) is 165 cm³/mol. The van der Waals surface area contributed by atoms with Crippen LogP contribution in [0.1, 0.15) is 29.7 Å². The summed E-state index contributed by atoms with van der Waals surface area (Å²) in [5, 5.41) is 7.68. The highest BCUT2D eigenvalue weighted by atomic mass is 32.2. The van der Waals surface area contributed by atoms with Crippen LogP contribution in [0, 0.1) is 0 Å². The third kappa shape index (κ3) is 5.80. The molecule has 3 aromatic carbocycles. The predicted octanol–water partition coefficient (Wildman–Crippen LogP) is 5.26. The summed E-state index contributed by atoms with van der Waals surface area (Å²) in [5.74, 6) is 2.30. The Morgan fingerprint density at radius 3 is 2.36 bits per heavy atom. The second-order valence-corrected chi connectivity index (χ2v) is 10.8. The third-order valence-electron chi connectivity index (χ3n) is 7.05. The van der Waals surface area contributed by atoms with Gasteiger partial charge in [-0.15, -0.1) is 11.8 Å². The summed E-state index contributed by atoms with van der Waals surface area (Å²) in [6.45, 7) is 2.38. The number of fused-ring (bicyclic) bond motifs is 1. The van der Waals surface area contributed by atoms with Crippen molar-refractivity contribution >= 4 is 29.4 Å². The van der Waals surface area contributed by atoms with E-state index in [9.17, 15) is 9.59 Å². The lowest BCUT2D eigenvalue weighted by Crippen LogP contribution is -2.42. The van der Waals surface area contributed by atoms with Gasteiger partial charge in [0.25, 0.3) is 0 Å². The van der Waals surface area contributed by atoms with E-state index in [2.05, 4.69) is 5.32 Å². The summed E-state index contributed by atoms with van der Waals surface area (Å²) in [5.41, 5.74) is 3.97. The van der Waals surface area contributed by atoms with E-state index in [0.29, 0.717) is 35.3 Å². The van der Waals surface area contributed by atoms with Crippen molar-refractivity contribution in [3.63, 3.8) is 0 Å². The molecule has 1 aliphatic rings. The molecular formula is C32H34N4O5S. The van der Waals surface area contributed by atoms with Gasteiger partial charge in [-0.3, -0.25) is 14.5 Å². The number of aromatic nitrogens is 2. The van der Waals surface area contributed by atoms with Crippen molar-refractivity contribution in [3.05, 3.63) is 83.9 Å². The molecule has 1 aliphatic heterocycles. The summed E-state index contributed by atoms with van der Waals surface area (Å²) >= 11 is 1.48. The molecule has 0 saturated carbocycles. The number of ether oxygens (including phenoxy) is 3. The number of rotatable bonds is 10. The van der Waals surface area contributed by atoms with Crippen LogP contribution >= 0.6 is 11.8 Å². The first-order chi connectivity index (χ1) is 20.5. The van der Waals surface area contributed by atoms with Gasteiger partial charge in [0, 0.05) is 23.2 Å². The number of carbonyl (C=O) groups is 2. The van der Waals surface area contributed by atoms with Crippen LogP contribution in [-0.2, 0) is 9.59 Å². The van der Waals surface area contributed by atoms with Gasteiger partial charge < -0.3 is 19.5 Å². The lowest BCUT2D eigenvalue weighted by Gasteiger charge is -2.23. The molecule has 0 bridgehead atoms. The van der Waals surface area contributed by atoms with Gasteiger partial charge in [-0.05, 0) is 48.9 Å². The molecule has 1 N–H and O–H groups in total. The Kier molecular flexibility index (Phi) is 9.02. The average Bonchev–Trinajstić information content (AvgIpc) is 3.36. The van der Waals surface area contributed by atoms with Gasteiger partial charge in [0.15, 0.2) is 0 Å². The molecule has 9 nitrogen and oxygen atoms in total. The molecule has 0 unspecified atom stereocenters. The standard InChI is InChI=1S/C32H34N4O5S/c1-5-17-33-27(37)19-35-28(38)20-42-31(25-18-24(40-3)15-16-26(25)41-4)29-30(21-9-7-6-8-10-21)34-36(32(29)35)22-11-13-23(39-2)14-12-22/h6-16,18,31H,5,17,19-20H2,1-4H3,(H,33,37)/t31-/m0/s1. The fraction of sp³-hybridized carbons (Fsp3) is 0.281. The van der Waals surface area contributed by atoms with Gasteiger partial charge in [-0.2, -0.15) is 5.10 Å². The number of nitrogens with zero attached hydrogens (tertiary/aromatic N) is 3. The maximum absolute atomic E-state index is 13.9. The van der Waals surface area contributed by atoms with E-state index in [0.717, 1.165) is 28.8 Å². The van der Waals surface area contributed by atoms with Crippen LogP contribution < -0.4 is 24.4 Å². The van der Waals surface area contributed by atoms with Crippen molar-refractivity contribution in [2.24, 2.45) is 0 Å². The zero-order valence-electron chi connectivity index (χ0n) is 24.1. The number of methoxy groups -OCH3 is 3. The number of carbonyl (C=O) groups excluding carboxylic acids is 2. The molecule has 10 heteroatoms.